The Morgan fingerprint density at radius 2 is 1.89 bits per heavy atom. The van der Waals surface area contributed by atoms with E-state index in [0.717, 1.165) is 41.3 Å². The van der Waals surface area contributed by atoms with Crippen LogP contribution >= 0.6 is 0 Å². The van der Waals surface area contributed by atoms with Gasteiger partial charge in [-0.15, -0.1) is 0 Å². The van der Waals surface area contributed by atoms with Crippen LogP contribution in [0.15, 0.2) is 79.3 Å². The van der Waals surface area contributed by atoms with Gasteiger partial charge in [-0.2, -0.15) is 5.10 Å². The number of nitrogens with one attached hydrogen (secondary N) is 3. The molecule has 5 rings (SSSR count). The number of nitrogens with zero attached hydrogens (tertiary/aromatic N) is 3. The van der Waals surface area contributed by atoms with Gasteiger partial charge in [0, 0.05) is 43.7 Å². The molecule has 4 aromatic rings. The fourth-order valence-corrected chi connectivity index (χ4v) is 4.62. The number of benzene rings is 2. The van der Waals surface area contributed by atoms with Crippen molar-refractivity contribution < 1.29 is 9.90 Å². The third kappa shape index (κ3) is 5.08. The number of fused-ring (bicyclic) bond motifs is 1. The van der Waals surface area contributed by atoms with Crippen LogP contribution in [0.5, 0.6) is 0 Å². The van der Waals surface area contributed by atoms with Gasteiger partial charge in [-0.05, 0) is 35.2 Å². The summed E-state index contributed by atoms with van der Waals surface area (Å²) in [6.45, 7) is 3.62. The Bertz CT molecular complexity index is 1340. The van der Waals surface area contributed by atoms with Crippen LogP contribution in [0, 0.1) is 0 Å². The number of carboxylic acids is 1. The first-order valence-electron chi connectivity index (χ1n) is 12.1. The summed E-state index contributed by atoms with van der Waals surface area (Å²) >= 11 is 0. The second-order valence-electron chi connectivity index (χ2n) is 9.28. The maximum absolute atomic E-state index is 11.2. The zero-order valence-electron chi connectivity index (χ0n) is 20.3. The summed E-state index contributed by atoms with van der Waals surface area (Å²) in [5.74, 6) is 0.135. The van der Waals surface area contributed by atoms with Gasteiger partial charge in [0.1, 0.15) is 5.82 Å². The zero-order valence-corrected chi connectivity index (χ0v) is 20.3. The lowest BCUT2D eigenvalue weighted by atomic mass is 9.95. The van der Waals surface area contributed by atoms with E-state index in [2.05, 4.69) is 58.3 Å². The Balaban J connectivity index is 1.32. The summed E-state index contributed by atoms with van der Waals surface area (Å²) in [5.41, 5.74) is 5.63. The van der Waals surface area contributed by atoms with E-state index < -0.39 is 5.97 Å². The fourth-order valence-electron chi connectivity index (χ4n) is 4.62. The molecule has 0 amide bonds. The molecule has 184 valence electrons. The molecule has 8 nitrogen and oxygen atoms in total. The molecule has 1 aliphatic rings. The summed E-state index contributed by atoms with van der Waals surface area (Å²) in [5, 5.41) is 24.4. The zero-order chi connectivity index (χ0) is 25.1. The van der Waals surface area contributed by atoms with Crippen LogP contribution in [0.2, 0.25) is 0 Å². The largest absolute Gasteiger partial charge is 0.478 e. The van der Waals surface area contributed by atoms with E-state index in [1.54, 1.807) is 16.8 Å². The lowest BCUT2D eigenvalue weighted by Crippen LogP contribution is -2.45. The van der Waals surface area contributed by atoms with E-state index in [1.807, 2.05) is 43.8 Å². The van der Waals surface area contributed by atoms with Crippen LogP contribution in [-0.2, 0) is 7.05 Å². The molecular formula is C28H30N6O2. The third-order valence-electron chi connectivity index (χ3n) is 6.69. The maximum Gasteiger partial charge on any atom is 0.335 e. The van der Waals surface area contributed by atoms with E-state index in [4.69, 9.17) is 4.98 Å². The van der Waals surface area contributed by atoms with Crippen LogP contribution in [0.3, 0.4) is 0 Å². The second kappa shape index (κ2) is 10.2. The predicted molar refractivity (Wildman–Crippen MR) is 141 cm³/mol. The maximum atomic E-state index is 11.2. The van der Waals surface area contributed by atoms with Crippen molar-refractivity contribution in [3.05, 3.63) is 95.9 Å². The van der Waals surface area contributed by atoms with E-state index in [1.165, 1.54) is 5.56 Å². The molecule has 2 aromatic heterocycles. The quantitative estimate of drug-likeness (QED) is 0.293. The van der Waals surface area contributed by atoms with Gasteiger partial charge < -0.3 is 21.1 Å². The van der Waals surface area contributed by atoms with Crippen molar-refractivity contribution >= 4 is 17.5 Å². The highest BCUT2D eigenvalue weighted by Gasteiger charge is 2.28. The molecule has 0 bridgehead atoms. The minimum Gasteiger partial charge on any atom is -0.478 e. The minimum atomic E-state index is -0.909. The molecule has 0 saturated heterocycles. The van der Waals surface area contributed by atoms with Crippen molar-refractivity contribution in [1.82, 2.24) is 20.1 Å². The monoisotopic (exact) mass is 482 g/mol. The highest BCUT2D eigenvalue weighted by Crippen LogP contribution is 2.32. The lowest BCUT2D eigenvalue weighted by Gasteiger charge is -2.35. The van der Waals surface area contributed by atoms with Crippen molar-refractivity contribution in [2.45, 2.75) is 24.9 Å². The predicted octanol–water partition coefficient (Wildman–Crippen LogP) is 4.52. The number of rotatable bonds is 8. The highest BCUT2D eigenvalue weighted by atomic mass is 16.4. The summed E-state index contributed by atoms with van der Waals surface area (Å²) in [6, 6.07) is 19.8. The average molecular weight is 483 g/mol. The van der Waals surface area contributed by atoms with Crippen LogP contribution in [-0.4, -0.2) is 45.0 Å². The Hall–Kier alpha value is -4.17. The Morgan fingerprint density at radius 1 is 1.11 bits per heavy atom. The molecule has 0 fully saturated rings. The molecule has 0 aliphatic carbocycles. The van der Waals surface area contributed by atoms with Gasteiger partial charge in [0.05, 0.1) is 29.5 Å². The van der Waals surface area contributed by atoms with Crippen LogP contribution in [0.1, 0.15) is 40.4 Å². The third-order valence-corrected chi connectivity index (χ3v) is 6.69. The summed E-state index contributed by atoms with van der Waals surface area (Å²) in [4.78, 5) is 15.9. The van der Waals surface area contributed by atoms with Gasteiger partial charge in [-0.25, -0.2) is 9.78 Å². The van der Waals surface area contributed by atoms with Crippen LogP contribution < -0.4 is 16.0 Å². The number of pyridine rings is 1. The summed E-state index contributed by atoms with van der Waals surface area (Å²) in [6.07, 6.45) is 5.70. The van der Waals surface area contributed by atoms with Gasteiger partial charge >= 0.3 is 5.97 Å². The number of aryl methyl sites for hydroxylation is 1. The molecule has 0 radical (unpaired) electrons. The standard InChI is InChI=1S/C28H30N6O2/c1-18(19-8-10-21(11-9-19)28(35)36)13-30-26(20-6-4-3-5-7-20)25-16-29-24-12-22(14-31-27(24)33-25)23-15-32-34(2)17-23/h3-12,14-15,17-18,25-26,29-30H,13,16H2,1-2H3,(H,31,33)(H,35,36)/t18-,25+,26+/m0/s1. The van der Waals surface area contributed by atoms with Crippen molar-refractivity contribution in [3.63, 3.8) is 0 Å². The number of hydrogen-bond donors (Lipinski definition) is 4. The van der Waals surface area contributed by atoms with Crippen molar-refractivity contribution in [2.24, 2.45) is 7.05 Å². The molecule has 0 saturated carbocycles. The normalized spacial score (nSPS) is 16.3. The van der Waals surface area contributed by atoms with E-state index in [0.29, 0.717) is 5.56 Å². The first kappa shape index (κ1) is 23.6. The molecule has 4 N–H and O–H groups in total. The van der Waals surface area contributed by atoms with Gasteiger partial charge in [-0.3, -0.25) is 4.68 Å². The minimum absolute atomic E-state index is 0.0485. The van der Waals surface area contributed by atoms with Crippen molar-refractivity contribution in [2.75, 3.05) is 23.7 Å². The van der Waals surface area contributed by atoms with Gasteiger partial charge in [0.2, 0.25) is 0 Å². The van der Waals surface area contributed by atoms with Crippen LogP contribution in [0.4, 0.5) is 11.5 Å². The SMILES string of the molecule is C[C@@H](CN[C@H](c1ccccc1)[C@H]1CNc2cc(-c3cnn(C)c3)cnc2N1)c1ccc(C(=O)O)cc1. The van der Waals surface area contributed by atoms with Gasteiger partial charge in [0.25, 0.3) is 0 Å². The number of aromatic carboxylic acids is 1. The molecule has 36 heavy (non-hydrogen) atoms. The van der Waals surface area contributed by atoms with Gasteiger partial charge in [-0.1, -0.05) is 49.4 Å². The first-order valence-corrected chi connectivity index (χ1v) is 12.1. The fraction of sp³-hybridized carbons (Fsp3) is 0.250. The number of hydrogen-bond acceptors (Lipinski definition) is 6. The van der Waals surface area contributed by atoms with Gasteiger partial charge in [0.15, 0.2) is 0 Å². The lowest BCUT2D eigenvalue weighted by molar-refractivity contribution is 0.0697. The van der Waals surface area contributed by atoms with E-state index in [9.17, 15) is 9.90 Å². The Kier molecular flexibility index (Phi) is 6.69. The Morgan fingerprint density at radius 3 is 2.58 bits per heavy atom. The van der Waals surface area contributed by atoms with E-state index in [-0.39, 0.29) is 18.0 Å². The summed E-state index contributed by atoms with van der Waals surface area (Å²) < 4.78 is 1.79. The molecule has 1 aliphatic heterocycles. The molecule has 3 heterocycles. The van der Waals surface area contributed by atoms with Crippen molar-refractivity contribution in [1.29, 1.82) is 0 Å². The highest BCUT2D eigenvalue weighted by molar-refractivity contribution is 5.87. The molecule has 0 spiro atoms. The van der Waals surface area contributed by atoms with Crippen molar-refractivity contribution in [3.8, 4) is 11.1 Å². The molecule has 0 unspecified atom stereocenters. The topological polar surface area (TPSA) is 104 Å². The smallest absolute Gasteiger partial charge is 0.335 e. The Labute approximate surface area is 210 Å². The number of carbonyl (C=O) groups is 1. The molecule has 2 aromatic carbocycles. The number of anilines is 2. The number of aromatic nitrogens is 3. The van der Waals surface area contributed by atoms with E-state index >= 15 is 0 Å². The first-order chi connectivity index (χ1) is 17.5. The molecule has 3 atom stereocenters. The second-order valence-corrected chi connectivity index (χ2v) is 9.28. The molecular weight excluding hydrogens is 452 g/mol. The number of carboxylic acid groups (broad SMARTS) is 1. The summed E-state index contributed by atoms with van der Waals surface area (Å²) in [7, 11) is 1.91. The average Bonchev–Trinajstić information content (AvgIpc) is 3.35. The van der Waals surface area contributed by atoms with Crippen LogP contribution in [0.25, 0.3) is 11.1 Å². The molecule has 8 heteroatoms.